The predicted octanol–water partition coefficient (Wildman–Crippen LogP) is 19.5. The molecule has 0 aliphatic rings. The molecule has 0 fully saturated rings. The Balaban J connectivity index is 4.71. The third-order valence-electron chi connectivity index (χ3n) is 14.0. The van der Waals surface area contributed by atoms with Gasteiger partial charge in [-0.2, -0.15) is 0 Å². The van der Waals surface area contributed by atoms with E-state index >= 15 is 0 Å². The van der Waals surface area contributed by atoms with Gasteiger partial charge in [-0.3, -0.25) is 23.4 Å². The molecule has 0 aromatic rings. The summed E-state index contributed by atoms with van der Waals surface area (Å²) < 4.78 is 39.6. The van der Waals surface area contributed by atoms with Crippen molar-refractivity contribution in [2.75, 3.05) is 26.4 Å². The van der Waals surface area contributed by atoms with Crippen LogP contribution in [0.1, 0.15) is 303 Å². The average molecular weight is 1120 g/mol. The van der Waals surface area contributed by atoms with Gasteiger partial charge in [0.05, 0.1) is 19.8 Å². The Morgan fingerprint density at radius 2 is 0.667 bits per heavy atom. The van der Waals surface area contributed by atoms with Gasteiger partial charge < -0.3 is 24.2 Å². The van der Waals surface area contributed by atoms with E-state index in [0.717, 1.165) is 70.6 Å². The third-order valence-corrected chi connectivity index (χ3v) is 14.9. The first-order valence-corrected chi connectivity index (χ1v) is 33.7. The Labute approximate surface area is 478 Å². The van der Waals surface area contributed by atoms with Crippen LogP contribution in [-0.2, 0) is 42.2 Å². The molecule has 0 aromatic heterocycles. The van der Waals surface area contributed by atoms with Crippen LogP contribution in [0.4, 0.5) is 0 Å². The quantitative estimate of drug-likeness (QED) is 0.0197. The molecule has 3 atom stereocenters. The SMILES string of the molecule is CC/C=C\C/C=C\C/C=C\C/C=C\C/C=C\CCCC(=O)OC(CO)COP(=O)(O)OCC(COC(=O)CCCCCCCCCCCCCCCCC)OC(=O)CCCCCCCCCCCCCCCCCCCCC. The number of unbranched alkanes of at least 4 members (excludes halogenated alkanes) is 33. The highest BCUT2D eigenvalue weighted by atomic mass is 31.2. The summed E-state index contributed by atoms with van der Waals surface area (Å²) in [5.41, 5.74) is 0. The van der Waals surface area contributed by atoms with Gasteiger partial charge in [0, 0.05) is 19.3 Å². The van der Waals surface area contributed by atoms with Crippen LogP contribution in [0.5, 0.6) is 0 Å². The van der Waals surface area contributed by atoms with Gasteiger partial charge in [-0.05, 0) is 57.8 Å². The van der Waals surface area contributed by atoms with Crippen molar-refractivity contribution in [2.45, 2.75) is 315 Å². The molecule has 0 amide bonds. The van der Waals surface area contributed by atoms with E-state index in [4.69, 9.17) is 23.3 Å². The molecule has 3 unspecified atom stereocenters. The van der Waals surface area contributed by atoms with Crippen LogP contribution < -0.4 is 0 Å². The number of esters is 3. The Hall–Kier alpha value is -2.82. The van der Waals surface area contributed by atoms with Crippen molar-refractivity contribution in [1.82, 2.24) is 0 Å². The number of allylic oxidation sites excluding steroid dienone is 10. The second-order valence-corrected chi connectivity index (χ2v) is 23.0. The monoisotopic (exact) mass is 1120 g/mol. The average Bonchev–Trinajstić information content (AvgIpc) is 3.43. The minimum absolute atomic E-state index is 0.100. The lowest BCUT2D eigenvalue weighted by Crippen LogP contribution is -2.30. The van der Waals surface area contributed by atoms with Crippen LogP contribution in [0.15, 0.2) is 60.8 Å². The number of aliphatic hydroxyl groups is 1. The zero-order valence-corrected chi connectivity index (χ0v) is 51.3. The van der Waals surface area contributed by atoms with E-state index in [1.165, 1.54) is 167 Å². The van der Waals surface area contributed by atoms with Gasteiger partial charge in [0.25, 0.3) is 0 Å². The lowest BCUT2D eigenvalue weighted by Gasteiger charge is -2.21. The van der Waals surface area contributed by atoms with Gasteiger partial charge in [0.1, 0.15) is 12.7 Å². The molecule has 0 heterocycles. The fraction of sp³-hybridized carbons (Fsp3) is 0.803. The fourth-order valence-corrected chi connectivity index (χ4v) is 9.88. The summed E-state index contributed by atoms with van der Waals surface area (Å²) in [6.07, 6.45) is 67.5. The fourth-order valence-electron chi connectivity index (χ4n) is 9.10. The number of phosphoric acid groups is 1. The summed E-state index contributed by atoms with van der Waals surface area (Å²) in [5.74, 6) is -1.50. The standard InChI is InChI=1S/C66H119O11P/c1-4-7-10-13-16-19-22-25-28-30-31-33-36-39-42-45-48-51-54-57-66(70)77-63(59-73-64(68)55-52-49-46-43-40-37-34-27-24-21-18-15-12-9-6-3)61-75-78(71,72)74-60-62(58-67)76-65(69)56-53-50-47-44-41-38-35-32-29-26-23-20-17-14-11-8-5-2/h8,11,17,20,26,29,35,38,44,47,62-63,67H,4-7,9-10,12-16,18-19,21-25,27-28,30-34,36-37,39-43,45-46,48-61H2,1-3H3,(H,71,72)/b11-8-,20-17-,29-26-,38-35-,47-44-. The molecule has 0 radical (unpaired) electrons. The van der Waals surface area contributed by atoms with Crippen LogP contribution in [0, 0.1) is 0 Å². The van der Waals surface area contributed by atoms with Gasteiger partial charge in [-0.1, -0.05) is 287 Å². The van der Waals surface area contributed by atoms with Crippen LogP contribution in [-0.4, -0.2) is 66.5 Å². The van der Waals surface area contributed by atoms with Gasteiger partial charge in [-0.15, -0.1) is 0 Å². The molecule has 0 saturated carbocycles. The van der Waals surface area contributed by atoms with Crippen LogP contribution >= 0.6 is 7.82 Å². The number of carbonyl (C=O) groups is 3. The smallest absolute Gasteiger partial charge is 0.462 e. The maximum atomic E-state index is 13.0. The summed E-state index contributed by atoms with van der Waals surface area (Å²) in [4.78, 5) is 48.7. The first kappa shape index (κ1) is 75.2. The molecule has 0 aromatic carbocycles. The van der Waals surface area contributed by atoms with Crippen molar-refractivity contribution in [3.8, 4) is 0 Å². The number of aliphatic hydroxyl groups excluding tert-OH is 1. The van der Waals surface area contributed by atoms with Crippen molar-refractivity contribution in [3.63, 3.8) is 0 Å². The predicted molar refractivity (Wildman–Crippen MR) is 325 cm³/mol. The van der Waals surface area contributed by atoms with Gasteiger partial charge in [0.2, 0.25) is 0 Å². The van der Waals surface area contributed by atoms with Crippen molar-refractivity contribution in [3.05, 3.63) is 60.8 Å². The van der Waals surface area contributed by atoms with Crippen LogP contribution in [0.25, 0.3) is 0 Å². The number of hydrogen-bond donors (Lipinski definition) is 2. The van der Waals surface area contributed by atoms with E-state index in [1.54, 1.807) is 0 Å². The molecule has 0 rings (SSSR count). The zero-order chi connectivity index (χ0) is 56.9. The van der Waals surface area contributed by atoms with Crippen molar-refractivity contribution >= 4 is 25.7 Å². The molecular weight excluding hydrogens is 1000 g/mol. The molecule has 11 nitrogen and oxygen atoms in total. The zero-order valence-electron chi connectivity index (χ0n) is 50.4. The summed E-state index contributed by atoms with van der Waals surface area (Å²) in [7, 11) is -4.76. The number of ether oxygens (including phenoxy) is 3. The summed E-state index contributed by atoms with van der Waals surface area (Å²) in [5, 5.41) is 9.84. The van der Waals surface area contributed by atoms with E-state index in [-0.39, 0.29) is 25.9 Å². The number of phosphoric ester groups is 1. The highest BCUT2D eigenvalue weighted by Gasteiger charge is 2.28. The van der Waals surface area contributed by atoms with E-state index in [0.29, 0.717) is 25.7 Å². The first-order valence-electron chi connectivity index (χ1n) is 32.2. The maximum absolute atomic E-state index is 13.0. The van der Waals surface area contributed by atoms with Crippen molar-refractivity contribution in [1.29, 1.82) is 0 Å². The Kier molecular flexibility index (Phi) is 58.1. The topological polar surface area (TPSA) is 155 Å². The van der Waals surface area contributed by atoms with Gasteiger partial charge in [0.15, 0.2) is 6.10 Å². The molecular formula is C66H119O11P. The summed E-state index contributed by atoms with van der Waals surface area (Å²) in [6.45, 7) is 4.53. The summed E-state index contributed by atoms with van der Waals surface area (Å²) >= 11 is 0. The summed E-state index contributed by atoms with van der Waals surface area (Å²) in [6, 6.07) is 0. The van der Waals surface area contributed by atoms with Gasteiger partial charge >= 0.3 is 25.7 Å². The second-order valence-electron chi connectivity index (χ2n) is 21.6. The van der Waals surface area contributed by atoms with Crippen molar-refractivity contribution < 1.29 is 52.2 Å². The Bertz CT molecular complexity index is 1540. The molecule has 454 valence electrons. The molecule has 0 spiro atoms. The molecule has 0 bridgehead atoms. The highest BCUT2D eigenvalue weighted by molar-refractivity contribution is 7.47. The van der Waals surface area contributed by atoms with E-state index in [9.17, 15) is 28.9 Å². The van der Waals surface area contributed by atoms with E-state index in [1.807, 2.05) is 12.2 Å². The molecule has 0 saturated heterocycles. The minimum atomic E-state index is -4.76. The molecule has 2 N–H and O–H groups in total. The molecule has 78 heavy (non-hydrogen) atoms. The second kappa shape index (κ2) is 60.3. The lowest BCUT2D eigenvalue weighted by atomic mass is 10.0. The third kappa shape index (κ3) is 57.9. The number of hydrogen-bond acceptors (Lipinski definition) is 10. The minimum Gasteiger partial charge on any atom is -0.462 e. The molecule has 12 heteroatoms. The number of carbonyl (C=O) groups excluding carboxylic acids is 3. The Morgan fingerprint density at radius 3 is 1.03 bits per heavy atom. The Morgan fingerprint density at radius 1 is 0.372 bits per heavy atom. The highest BCUT2D eigenvalue weighted by Crippen LogP contribution is 2.43. The molecule has 0 aliphatic carbocycles. The van der Waals surface area contributed by atoms with E-state index in [2.05, 4.69) is 69.4 Å². The van der Waals surface area contributed by atoms with Crippen molar-refractivity contribution in [2.24, 2.45) is 0 Å². The van der Waals surface area contributed by atoms with E-state index < -0.39 is 57.8 Å². The largest absolute Gasteiger partial charge is 0.472 e. The maximum Gasteiger partial charge on any atom is 0.472 e. The van der Waals surface area contributed by atoms with Crippen LogP contribution in [0.3, 0.4) is 0 Å². The van der Waals surface area contributed by atoms with Crippen LogP contribution in [0.2, 0.25) is 0 Å². The normalized spacial score (nSPS) is 13.7. The first-order chi connectivity index (χ1) is 38.2. The number of rotatable bonds is 60. The molecule has 0 aliphatic heterocycles. The lowest BCUT2D eigenvalue weighted by molar-refractivity contribution is -0.161. The van der Waals surface area contributed by atoms with Gasteiger partial charge in [-0.25, -0.2) is 4.57 Å².